The standard InChI is InChI=1S/C27H48O4/c1-6-18-21-12-17(29)9-10-26(21,4)22-13-23(30)27(5)19(16(3)11-15(2)14-28)7-8-20(27)24(22)25(18)31/h15-25,28-31H,6-14H2,1-5H3/t15-,16-,17-,18-,19-,20?,21+,22?,23+,24?,25-,26+,27-/m1/s1. The third-order valence-corrected chi connectivity index (χ3v) is 11.3. The molecule has 3 unspecified atom stereocenters. The zero-order valence-electron chi connectivity index (χ0n) is 20.5. The van der Waals surface area contributed by atoms with E-state index in [-0.39, 0.29) is 47.6 Å². The summed E-state index contributed by atoms with van der Waals surface area (Å²) in [6.45, 7) is 11.6. The number of fused-ring (bicyclic) bond motifs is 5. The van der Waals surface area contributed by atoms with Crippen LogP contribution in [0.15, 0.2) is 0 Å². The van der Waals surface area contributed by atoms with E-state index in [9.17, 15) is 20.4 Å². The van der Waals surface area contributed by atoms with E-state index in [0.717, 1.165) is 51.4 Å². The Morgan fingerprint density at radius 1 is 0.935 bits per heavy atom. The van der Waals surface area contributed by atoms with Gasteiger partial charge in [0.1, 0.15) is 0 Å². The van der Waals surface area contributed by atoms with Gasteiger partial charge in [-0.3, -0.25) is 0 Å². The van der Waals surface area contributed by atoms with Crippen LogP contribution in [0.25, 0.3) is 0 Å². The van der Waals surface area contributed by atoms with Crippen LogP contribution in [0.3, 0.4) is 0 Å². The third-order valence-electron chi connectivity index (χ3n) is 11.3. The van der Waals surface area contributed by atoms with Gasteiger partial charge in [-0.05, 0) is 103 Å². The van der Waals surface area contributed by atoms with Crippen molar-refractivity contribution in [3.63, 3.8) is 0 Å². The molecule has 0 aromatic heterocycles. The van der Waals surface area contributed by atoms with Crippen LogP contribution in [0, 0.1) is 58.2 Å². The molecule has 180 valence electrons. The smallest absolute Gasteiger partial charge is 0.0605 e. The molecule has 0 aromatic rings. The summed E-state index contributed by atoms with van der Waals surface area (Å²) in [6, 6.07) is 0. The molecule has 13 atom stereocenters. The van der Waals surface area contributed by atoms with Gasteiger partial charge in [-0.2, -0.15) is 0 Å². The molecule has 0 bridgehead atoms. The lowest BCUT2D eigenvalue weighted by Gasteiger charge is -2.65. The first kappa shape index (κ1) is 24.0. The Bertz CT molecular complexity index is 639. The molecule has 4 saturated carbocycles. The van der Waals surface area contributed by atoms with Crippen LogP contribution in [0.5, 0.6) is 0 Å². The second kappa shape index (κ2) is 8.56. The summed E-state index contributed by atoms with van der Waals surface area (Å²) in [5, 5.41) is 43.5. The normalized spacial score (nSPS) is 53.9. The summed E-state index contributed by atoms with van der Waals surface area (Å²) < 4.78 is 0. The SMILES string of the molecule is CC[C@H]1[C@@H](O)C2C3CC[C@H]([C@H](C)C[C@@H](C)CO)[C@@]3(C)[C@@H](O)CC2[C@@]2(C)CC[C@@H](O)C[C@@H]12. The molecule has 4 nitrogen and oxygen atoms in total. The molecule has 0 amide bonds. The maximum Gasteiger partial charge on any atom is 0.0605 e. The van der Waals surface area contributed by atoms with Crippen LogP contribution in [-0.2, 0) is 0 Å². The largest absolute Gasteiger partial charge is 0.396 e. The van der Waals surface area contributed by atoms with Gasteiger partial charge in [-0.1, -0.05) is 41.0 Å². The number of rotatable bonds is 5. The van der Waals surface area contributed by atoms with Gasteiger partial charge in [-0.15, -0.1) is 0 Å². The van der Waals surface area contributed by atoms with Crippen LogP contribution in [0.1, 0.15) is 86.0 Å². The molecule has 0 radical (unpaired) electrons. The summed E-state index contributed by atoms with van der Waals surface area (Å²) in [7, 11) is 0. The minimum absolute atomic E-state index is 0.112. The predicted molar refractivity (Wildman–Crippen MR) is 123 cm³/mol. The topological polar surface area (TPSA) is 80.9 Å². The molecular weight excluding hydrogens is 388 g/mol. The van der Waals surface area contributed by atoms with E-state index in [0.29, 0.717) is 35.5 Å². The molecule has 4 aliphatic rings. The summed E-state index contributed by atoms with van der Waals surface area (Å²) in [6.07, 6.45) is 6.82. The number of aliphatic hydroxyl groups excluding tert-OH is 4. The first-order chi connectivity index (χ1) is 14.6. The van der Waals surface area contributed by atoms with E-state index in [1.54, 1.807) is 0 Å². The lowest BCUT2D eigenvalue weighted by atomic mass is 9.41. The Labute approximate surface area is 189 Å². The molecule has 4 rings (SSSR count). The maximum absolute atomic E-state index is 11.8. The van der Waals surface area contributed by atoms with E-state index in [4.69, 9.17) is 0 Å². The molecule has 31 heavy (non-hydrogen) atoms. The van der Waals surface area contributed by atoms with Crippen LogP contribution >= 0.6 is 0 Å². The molecule has 4 heteroatoms. The van der Waals surface area contributed by atoms with Crippen molar-refractivity contribution in [3.8, 4) is 0 Å². The molecule has 0 saturated heterocycles. The monoisotopic (exact) mass is 436 g/mol. The fourth-order valence-corrected chi connectivity index (χ4v) is 9.76. The van der Waals surface area contributed by atoms with Gasteiger partial charge in [0.2, 0.25) is 0 Å². The minimum Gasteiger partial charge on any atom is -0.396 e. The highest BCUT2D eigenvalue weighted by atomic mass is 16.3. The quantitative estimate of drug-likeness (QED) is 0.520. The molecule has 0 aromatic carbocycles. The Morgan fingerprint density at radius 3 is 2.29 bits per heavy atom. The molecule has 4 aliphatic carbocycles. The molecule has 4 N–H and O–H groups in total. The Morgan fingerprint density at radius 2 is 1.65 bits per heavy atom. The molecule has 0 aliphatic heterocycles. The van der Waals surface area contributed by atoms with E-state index in [2.05, 4.69) is 34.6 Å². The van der Waals surface area contributed by atoms with Crippen molar-refractivity contribution in [2.24, 2.45) is 58.2 Å². The lowest BCUT2D eigenvalue weighted by Crippen LogP contribution is -2.65. The van der Waals surface area contributed by atoms with Gasteiger partial charge >= 0.3 is 0 Å². The van der Waals surface area contributed by atoms with E-state index in [1.165, 1.54) is 0 Å². The van der Waals surface area contributed by atoms with Crippen molar-refractivity contribution in [2.75, 3.05) is 6.61 Å². The first-order valence-electron chi connectivity index (χ1n) is 13.2. The predicted octanol–water partition coefficient (Wildman–Crippen LogP) is 4.24. The highest BCUT2D eigenvalue weighted by molar-refractivity contribution is 5.15. The van der Waals surface area contributed by atoms with Crippen LogP contribution < -0.4 is 0 Å². The molecular formula is C27H48O4. The summed E-state index contributed by atoms with van der Waals surface area (Å²) >= 11 is 0. The van der Waals surface area contributed by atoms with Crippen molar-refractivity contribution in [3.05, 3.63) is 0 Å². The number of hydrogen-bond donors (Lipinski definition) is 4. The van der Waals surface area contributed by atoms with Gasteiger partial charge in [0.25, 0.3) is 0 Å². The van der Waals surface area contributed by atoms with Crippen molar-refractivity contribution < 1.29 is 20.4 Å². The second-order valence-electron chi connectivity index (χ2n) is 12.7. The summed E-state index contributed by atoms with van der Waals surface area (Å²) in [4.78, 5) is 0. The zero-order valence-corrected chi connectivity index (χ0v) is 20.5. The van der Waals surface area contributed by atoms with Gasteiger partial charge in [0.15, 0.2) is 0 Å². The van der Waals surface area contributed by atoms with Crippen molar-refractivity contribution in [2.45, 2.75) is 104 Å². The maximum atomic E-state index is 11.8. The number of aliphatic hydroxyl groups is 4. The summed E-state index contributed by atoms with van der Waals surface area (Å²) in [5.41, 5.74) is -0.0341. The Kier molecular flexibility index (Phi) is 6.62. The Hall–Kier alpha value is -0.160. The van der Waals surface area contributed by atoms with E-state index >= 15 is 0 Å². The molecule has 0 heterocycles. The summed E-state index contributed by atoms with van der Waals surface area (Å²) in [5.74, 6) is 2.81. The fourth-order valence-electron chi connectivity index (χ4n) is 9.76. The first-order valence-corrected chi connectivity index (χ1v) is 13.2. The van der Waals surface area contributed by atoms with Crippen molar-refractivity contribution in [1.29, 1.82) is 0 Å². The molecule has 4 fully saturated rings. The van der Waals surface area contributed by atoms with Gasteiger partial charge in [0.05, 0.1) is 18.3 Å². The van der Waals surface area contributed by atoms with Crippen LogP contribution in [0.4, 0.5) is 0 Å². The van der Waals surface area contributed by atoms with E-state index in [1.807, 2.05) is 0 Å². The fraction of sp³-hybridized carbons (Fsp3) is 1.00. The lowest BCUT2D eigenvalue weighted by molar-refractivity contribution is -0.228. The zero-order chi connectivity index (χ0) is 22.7. The average Bonchev–Trinajstić information content (AvgIpc) is 3.09. The molecule has 0 spiro atoms. The number of hydrogen-bond acceptors (Lipinski definition) is 4. The van der Waals surface area contributed by atoms with Crippen molar-refractivity contribution in [1.82, 2.24) is 0 Å². The van der Waals surface area contributed by atoms with Gasteiger partial charge < -0.3 is 20.4 Å². The van der Waals surface area contributed by atoms with Crippen LogP contribution in [-0.4, -0.2) is 45.3 Å². The average molecular weight is 437 g/mol. The van der Waals surface area contributed by atoms with Gasteiger partial charge in [-0.25, -0.2) is 0 Å². The van der Waals surface area contributed by atoms with Crippen LogP contribution in [0.2, 0.25) is 0 Å². The Balaban J connectivity index is 1.67. The van der Waals surface area contributed by atoms with Gasteiger partial charge in [0, 0.05) is 6.61 Å². The van der Waals surface area contributed by atoms with E-state index < -0.39 is 0 Å². The second-order valence-corrected chi connectivity index (χ2v) is 12.7. The third kappa shape index (κ3) is 3.54. The van der Waals surface area contributed by atoms with Crippen molar-refractivity contribution >= 4 is 0 Å². The minimum atomic E-state index is -0.326. The highest BCUT2D eigenvalue weighted by Gasteiger charge is 2.67. The highest BCUT2D eigenvalue weighted by Crippen LogP contribution is 2.69.